The molecule has 0 aromatic heterocycles. The molecule has 1 aromatic rings. The summed E-state index contributed by atoms with van der Waals surface area (Å²) >= 11 is 0. The molecule has 1 unspecified atom stereocenters. The van der Waals surface area contributed by atoms with E-state index < -0.39 is 17.0 Å². The first-order valence-electron chi connectivity index (χ1n) is 7.53. The molecule has 0 aliphatic carbocycles. The summed E-state index contributed by atoms with van der Waals surface area (Å²) in [5.74, 6) is -0.494. The zero-order valence-electron chi connectivity index (χ0n) is 14.6. The van der Waals surface area contributed by atoms with Crippen LogP contribution in [0.25, 0.3) is 0 Å². The highest BCUT2D eigenvalue weighted by Gasteiger charge is 2.25. The average Bonchev–Trinajstić information content (AvgIpc) is 2.56. The normalized spacial score (nSPS) is 11.4. The van der Waals surface area contributed by atoms with Gasteiger partial charge in [-0.15, -0.1) is 0 Å². The molecule has 9 nitrogen and oxygen atoms in total. The zero-order valence-corrected chi connectivity index (χ0v) is 14.6. The molecular formula is C16H21NO8. The highest BCUT2D eigenvalue weighted by Crippen LogP contribution is 2.38. The SMILES string of the molecule is COC(=O)CCCOc1cc([N+](=O)[O-])c(C(C)OC(C)=O)cc1OC. The van der Waals surface area contributed by atoms with Crippen molar-refractivity contribution < 1.29 is 33.5 Å². The highest BCUT2D eigenvalue weighted by atomic mass is 16.6. The van der Waals surface area contributed by atoms with Crippen LogP contribution < -0.4 is 9.47 Å². The lowest BCUT2D eigenvalue weighted by Gasteiger charge is -2.16. The number of benzene rings is 1. The second-order valence-electron chi connectivity index (χ2n) is 5.10. The maximum absolute atomic E-state index is 11.3. The molecule has 0 aliphatic rings. The average molecular weight is 355 g/mol. The van der Waals surface area contributed by atoms with Crippen molar-refractivity contribution in [1.82, 2.24) is 0 Å². The van der Waals surface area contributed by atoms with Gasteiger partial charge in [0.1, 0.15) is 6.10 Å². The van der Waals surface area contributed by atoms with Crippen LogP contribution in [0.15, 0.2) is 12.1 Å². The van der Waals surface area contributed by atoms with Crippen LogP contribution in [-0.2, 0) is 19.1 Å². The minimum absolute atomic E-state index is 0.154. The Labute approximate surface area is 145 Å². The molecule has 0 spiro atoms. The van der Waals surface area contributed by atoms with E-state index in [4.69, 9.17) is 14.2 Å². The topological polar surface area (TPSA) is 114 Å². The summed E-state index contributed by atoms with van der Waals surface area (Å²) < 4.78 is 20.2. The Kier molecular flexibility index (Phi) is 7.64. The van der Waals surface area contributed by atoms with Gasteiger partial charge < -0.3 is 18.9 Å². The summed E-state index contributed by atoms with van der Waals surface area (Å²) in [6.45, 7) is 2.90. The molecule has 0 amide bonds. The zero-order chi connectivity index (χ0) is 19.0. The molecule has 1 rings (SSSR count). The van der Waals surface area contributed by atoms with Crippen molar-refractivity contribution >= 4 is 17.6 Å². The smallest absolute Gasteiger partial charge is 0.305 e. The standard InChI is InChI=1S/C16H21NO8/c1-10(25-11(2)18)12-8-14(22-3)15(9-13(12)17(20)21)24-7-5-6-16(19)23-4/h8-10H,5-7H2,1-4H3. The number of rotatable bonds is 9. The molecule has 1 atom stereocenters. The number of nitro groups is 1. The van der Waals surface area contributed by atoms with Gasteiger partial charge in [0.15, 0.2) is 11.5 Å². The van der Waals surface area contributed by atoms with Crippen LogP contribution in [-0.4, -0.2) is 37.7 Å². The first-order valence-corrected chi connectivity index (χ1v) is 7.53. The number of carbonyl (C=O) groups is 2. The van der Waals surface area contributed by atoms with E-state index in [1.165, 1.54) is 40.2 Å². The number of nitrogens with zero attached hydrogens (tertiary/aromatic N) is 1. The molecular weight excluding hydrogens is 334 g/mol. The van der Waals surface area contributed by atoms with Crippen molar-refractivity contribution in [2.45, 2.75) is 32.8 Å². The van der Waals surface area contributed by atoms with E-state index in [-0.39, 0.29) is 41.7 Å². The van der Waals surface area contributed by atoms with Crippen LogP contribution in [0.4, 0.5) is 5.69 Å². The Hall–Kier alpha value is -2.84. The number of esters is 2. The third-order valence-electron chi connectivity index (χ3n) is 3.30. The lowest BCUT2D eigenvalue weighted by atomic mass is 10.1. The number of hydrogen-bond acceptors (Lipinski definition) is 8. The largest absolute Gasteiger partial charge is 0.493 e. The van der Waals surface area contributed by atoms with Gasteiger partial charge in [0.05, 0.1) is 37.4 Å². The van der Waals surface area contributed by atoms with Crippen LogP contribution in [0.3, 0.4) is 0 Å². The van der Waals surface area contributed by atoms with Gasteiger partial charge in [-0.25, -0.2) is 0 Å². The van der Waals surface area contributed by atoms with Crippen molar-refractivity contribution in [3.8, 4) is 11.5 Å². The van der Waals surface area contributed by atoms with Crippen molar-refractivity contribution in [3.05, 3.63) is 27.8 Å². The van der Waals surface area contributed by atoms with Crippen LogP contribution in [0, 0.1) is 10.1 Å². The van der Waals surface area contributed by atoms with E-state index in [0.717, 1.165) is 0 Å². The van der Waals surface area contributed by atoms with Gasteiger partial charge in [0, 0.05) is 13.3 Å². The van der Waals surface area contributed by atoms with Gasteiger partial charge >= 0.3 is 11.9 Å². The Morgan fingerprint density at radius 2 is 1.92 bits per heavy atom. The molecule has 0 saturated carbocycles. The predicted molar refractivity (Wildman–Crippen MR) is 86.6 cm³/mol. The first-order chi connectivity index (χ1) is 11.8. The summed E-state index contributed by atoms with van der Waals surface area (Å²) in [4.78, 5) is 32.9. The molecule has 0 saturated heterocycles. The number of hydrogen-bond donors (Lipinski definition) is 0. The van der Waals surface area contributed by atoms with E-state index >= 15 is 0 Å². The highest BCUT2D eigenvalue weighted by molar-refractivity contribution is 5.69. The minimum atomic E-state index is -0.819. The molecule has 1 aromatic carbocycles. The molecule has 25 heavy (non-hydrogen) atoms. The van der Waals surface area contributed by atoms with E-state index in [0.29, 0.717) is 6.42 Å². The van der Waals surface area contributed by atoms with E-state index in [1.54, 1.807) is 0 Å². The molecule has 0 N–H and O–H groups in total. The predicted octanol–water partition coefficient (Wildman–Crippen LogP) is 2.56. The Balaban J connectivity index is 3.02. The number of ether oxygens (including phenoxy) is 4. The van der Waals surface area contributed by atoms with Gasteiger partial charge in [-0.05, 0) is 19.4 Å². The lowest BCUT2D eigenvalue weighted by Crippen LogP contribution is -2.09. The number of carbonyl (C=O) groups excluding carboxylic acids is 2. The molecule has 0 radical (unpaired) electrons. The molecule has 138 valence electrons. The summed E-state index contributed by atoms with van der Waals surface area (Å²) in [6.07, 6.45) is -0.266. The van der Waals surface area contributed by atoms with Crippen LogP contribution >= 0.6 is 0 Å². The number of methoxy groups -OCH3 is 2. The fourth-order valence-electron chi connectivity index (χ4n) is 2.13. The summed E-state index contributed by atoms with van der Waals surface area (Å²) in [6, 6.07) is 2.62. The van der Waals surface area contributed by atoms with E-state index in [1.807, 2.05) is 0 Å². The fourth-order valence-corrected chi connectivity index (χ4v) is 2.13. The van der Waals surface area contributed by atoms with Crippen molar-refractivity contribution in [2.24, 2.45) is 0 Å². The van der Waals surface area contributed by atoms with Crippen LogP contribution in [0.2, 0.25) is 0 Å². The van der Waals surface area contributed by atoms with Gasteiger partial charge in [0.2, 0.25) is 0 Å². The number of nitro benzene ring substituents is 1. The fraction of sp³-hybridized carbons (Fsp3) is 0.500. The van der Waals surface area contributed by atoms with E-state index in [2.05, 4.69) is 4.74 Å². The monoisotopic (exact) mass is 355 g/mol. The summed E-state index contributed by atoms with van der Waals surface area (Å²) in [7, 11) is 2.68. The first kappa shape index (κ1) is 20.2. The third-order valence-corrected chi connectivity index (χ3v) is 3.30. The van der Waals surface area contributed by atoms with Gasteiger partial charge in [0.25, 0.3) is 5.69 Å². The Bertz CT molecular complexity index is 643. The minimum Gasteiger partial charge on any atom is -0.493 e. The molecule has 0 bridgehead atoms. The van der Waals surface area contributed by atoms with Gasteiger partial charge in [-0.2, -0.15) is 0 Å². The van der Waals surface area contributed by atoms with Crippen molar-refractivity contribution in [1.29, 1.82) is 0 Å². The maximum Gasteiger partial charge on any atom is 0.305 e. The van der Waals surface area contributed by atoms with Crippen LogP contribution in [0.1, 0.15) is 38.4 Å². The van der Waals surface area contributed by atoms with Crippen molar-refractivity contribution in [3.63, 3.8) is 0 Å². The summed E-state index contributed by atoms with van der Waals surface area (Å²) in [5.41, 5.74) is -0.0588. The Morgan fingerprint density at radius 3 is 2.44 bits per heavy atom. The molecule has 0 fully saturated rings. The molecule has 9 heteroatoms. The summed E-state index contributed by atoms with van der Waals surface area (Å²) in [5, 5.41) is 11.3. The quantitative estimate of drug-likeness (QED) is 0.287. The second kappa shape index (κ2) is 9.45. The van der Waals surface area contributed by atoms with Gasteiger partial charge in [-0.3, -0.25) is 19.7 Å². The van der Waals surface area contributed by atoms with Gasteiger partial charge in [-0.1, -0.05) is 0 Å². The third kappa shape index (κ3) is 5.94. The molecule has 0 aliphatic heterocycles. The van der Waals surface area contributed by atoms with Crippen LogP contribution in [0.5, 0.6) is 11.5 Å². The van der Waals surface area contributed by atoms with E-state index in [9.17, 15) is 19.7 Å². The van der Waals surface area contributed by atoms with Crippen molar-refractivity contribution in [2.75, 3.05) is 20.8 Å². The second-order valence-corrected chi connectivity index (χ2v) is 5.10. The Morgan fingerprint density at radius 1 is 1.24 bits per heavy atom. The maximum atomic E-state index is 11.3. The lowest BCUT2D eigenvalue weighted by molar-refractivity contribution is -0.386. The molecule has 0 heterocycles.